The second-order valence-electron chi connectivity index (χ2n) is 4.62. The van der Waals surface area contributed by atoms with Gasteiger partial charge in [0, 0.05) is 9.50 Å². The number of methoxy groups -OCH3 is 1. The molecule has 0 bridgehead atoms. The van der Waals surface area contributed by atoms with E-state index in [-0.39, 0.29) is 6.04 Å². The summed E-state index contributed by atoms with van der Waals surface area (Å²) >= 11 is 9.71. The first-order chi connectivity index (χ1) is 9.56. The molecule has 2 aromatic rings. The first-order valence-corrected chi connectivity index (χ1v) is 7.50. The van der Waals surface area contributed by atoms with E-state index in [1.54, 1.807) is 7.11 Å². The summed E-state index contributed by atoms with van der Waals surface area (Å²) in [6.07, 6.45) is 0. The molecule has 0 fully saturated rings. The highest BCUT2D eigenvalue weighted by Gasteiger charge is 2.16. The molecular weight excluding hydrogens is 338 g/mol. The van der Waals surface area contributed by atoms with Crippen LogP contribution in [0.5, 0.6) is 5.75 Å². The number of halogens is 2. The van der Waals surface area contributed by atoms with Crippen LogP contribution >= 0.6 is 27.5 Å². The molecule has 0 saturated heterocycles. The van der Waals surface area contributed by atoms with Crippen LogP contribution in [0.2, 0.25) is 5.02 Å². The average Bonchev–Trinajstić information content (AvgIpc) is 2.45. The van der Waals surface area contributed by atoms with Crippen molar-refractivity contribution in [1.82, 2.24) is 5.32 Å². The highest BCUT2D eigenvalue weighted by molar-refractivity contribution is 9.10. The van der Waals surface area contributed by atoms with Crippen molar-refractivity contribution in [3.05, 3.63) is 62.6 Å². The highest BCUT2D eigenvalue weighted by Crippen LogP contribution is 2.32. The Hall–Kier alpha value is -1.03. The Bertz CT molecular complexity index is 615. The SMILES string of the molecule is CNC(c1ccc(Cl)c(C)c1)c1ccc(OC)cc1Br. The van der Waals surface area contributed by atoms with Crippen molar-refractivity contribution < 1.29 is 4.74 Å². The summed E-state index contributed by atoms with van der Waals surface area (Å²) in [4.78, 5) is 0. The van der Waals surface area contributed by atoms with Crippen LogP contribution in [0.3, 0.4) is 0 Å². The first kappa shape index (κ1) is 15.4. The zero-order valence-electron chi connectivity index (χ0n) is 11.7. The van der Waals surface area contributed by atoms with E-state index in [1.807, 2.05) is 38.2 Å². The van der Waals surface area contributed by atoms with Gasteiger partial charge in [-0.1, -0.05) is 45.7 Å². The van der Waals surface area contributed by atoms with Gasteiger partial charge in [0.05, 0.1) is 13.2 Å². The molecule has 2 nitrogen and oxygen atoms in total. The highest BCUT2D eigenvalue weighted by atomic mass is 79.9. The number of benzene rings is 2. The summed E-state index contributed by atoms with van der Waals surface area (Å²) in [6, 6.07) is 12.2. The van der Waals surface area contributed by atoms with Gasteiger partial charge in [0.1, 0.15) is 5.75 Å². The van der Waals surface area contributed by atoms with Crippen LogP contribution in [0.25, 0.3) is 0 Å². The Morgan fingerprint density at radius 1 is 1.20 bits per heavy atom. The van der Waals surface area contributed by atoms with E-state index in [0.29, 0.717) is 0 Å². The van der Waals surface area contributed by atoms with Gasteiger partial charge >= 0.3 is 0 Å². The molecule has 1 N–H and O–H groups in total. The first-order valence-electron chi connectivity index (χ1n) is 6.33. The number of hydrogen-bond acceptors (Lipinski definition) is 2. The molecule has 2 aromatic carbocycles. The Labute approximate surface area is 133 Å². The normalized spacial score (nSPS) is 12.2. The summed E-state index contributed by atoms with van der Waals surface area (Å²) < 4.78 is 6.25. The number of rotatable bonds is 4. The lowest BCUT2D eigenvalue weighted by atomic mass is 9.97. The predicted molar refractivity (Wildman–Crippen MR) is 87.8 cm³/mol. The maximum Gasteiger partial charge on any atom is 0.120 e. The van der Waals surface area contributed by atoms with Gasteiger partial charge in [0.2, 0.25) is 0 Å². The van der Waals surface area contributed by atoms with Gasteiger partial charge < -0.3 is 10.1 Å². The second-order valence-corrected chi connectivity index (χ2v) is 5.88. The monoisotopic (exact) mass is 353 g/mol. The smallest absolute Gasteiger partial charge is 0.120 e. The number of nitrogens with one attached hydrogen (secondary N) is 1. The fourth-order valence-electron chi connectivity index (χ4n) is 2.22. The fraction of sp³-hybridized carbons (Fsp3) is 0.250. The molecule has 0 heterocycles. The molecule has 4 heteroatoms. The van der Waals surface area contributed by atoms with E-state index in [9.17, 15) is 0 Å². The van der Waals surface area contributed by atoms with Crippen LogP contribution < -0.4 is 10.1 Å². The van der Waals surface area contributed by atoms with Gasteiger partial charge in [0.25, 0.3) is 0 Å². The zero-order valence-corrected chi connectivity index (χ0v) is 14.0. The number of ether oxygens (including phenoxy) is 1. The topological polar surface area (TPSA) is 21.3 Å². The Kier molecular flexibility index (Phi) is 5.08. The van der Waals surface area contributed by atoms with Crippen LogP contribution in [-0.2, 0) is 0 Å². The lowest BCUT2D eigenvalue weighted by Crippen LogP contribution is -2.18. The van der Waals surface area contributed by atoms with Crippen molar-refractivity contribution in [2.24, 2.45) is 0 Å². The molecular formula is C16H17BrClNO. The maximum absolute atomic E-state index is 6.10. The van der Waals surface area contributed by atoms with Gasteiger partial charge in [-0.2, -0.15) is 0 Å². The Morgan fingerprint density at radius 2 is 1.95 bits per heavy atom. The van der Waals surface area contributed by atoms with Crippen LogP contribution in [0.4, 0.5) is 0 Å². The van der Waals surface area contributed by atoms with Crippen molar-refractivity contribution in [3.8, 4) is 5.75 Å². The minimum atomic E-state index is 0.103. The molecule has 106 valence electrons. The molecule has 0 amide bonds. The van der Waals surface area contributed by atoms with E-state index in [2.05, 4.69) is 33.4 Å². The minimum Gasteiger partial charge on any atom is -0.497 e. The molecule has 0 aliphatic rings. The maximum atomic E-state index is 6.10. The van der Waals surface area contributed by atoms with Crippen molar-refractivity contribution >= 4 is 27.5 Å². The summed E-state index contributed by atoms with van der Waals surface area (Å²) in [5.74, 6) is 0.836. The van der Waals surface area contributed by atoms with Crippen LogP contribution in [0, 0.1) is 6.92 Å². The number of hydrogen-bond donors (Lipinski definition) is 1. The largest absolute Gasteiger partial charge is 0.497 e. The molecule has 0 aliphatic carbocycles. The molecule has 20 heavy (non-hydrogen) atoms. The van der Waals surface area contributed by atoms with E-state index in [1.165, 1.54) is 5.56 Å². The average molecular weight is 355 g/mol. The molecule has 1 unspecified atom stereocenters. The molecule has 0 spiro atoms. The van der Waals surface area contributed by atoms with E-state index in [0.717, 1.165) is 26.4 Å². The van der Waals surface area contributed by atoms with Gasteiger partial charge in [-0.15, -0.1) is 0 Å². The van der Waals surface area contributed by atoms with Crippen LogP contribution in [-0.4, -0.2) is 14.2 Å². The third-order valence-electron chi connectivity index (χ3n) is 3.32. The van der Waals surface area contributed by atoms with Gasteiger partial charge in [-0.05, 0) is 48.9 Å². The summed E-state index contributed by atoms with van der Waals surface area (Å²) in [5.41, 5.74) is 3.42. The third-order valence-corrected chi connectivity index (χ3v) is 4.43. The number of aryl methyl sites for hydroxylation is 1. The summed E-state index contributed by atoms with van der Waals surface area (Å²) in [5, 5.41) is 4.13. The Balaban J connectivity index is 2.43. The van der Waals surface area contributed by atoms with Crippen LogP contribution in [0.1, 0.15) is 22.7 Å². The lowest BCUT2D eigenvalue weighted by molar-refractivity contribution is 0.414. The van der Waals surface area contributed by atoms with Crippen molar-refractivity contribution in [1.29, 1.82) is 0 Å². The minimum absolute atomic E-state index is 0.103. The van der Waals surface area contributed by atoms with Crippen molar-refractivity contribution in [2.75, 3.05) is 14.2 Å². The van der Waals surface area contributed by atoms with Crippen LogP contribution in [0.15, 0.2) is 40.9 Å². The summed E-state index contributed by atoms with van der Waals surface area (Å²) in [6.45, 7) is 2.02. The van der Waals surface area contributed by atoms with E-state index in [4.69, 9.17) is 16.3 Å². The molecule has 0 aromatic heterocycles. The summed E-state index contributed by atoms with van der Waals surface area (Å²) in [7, 11) is 3.62. The molecule has 0 radical (unpaired) electrons. The molecule has 0 saturated carbocycles. The van der Waals surface area contributed by atoms with Crippen molar-refractivity contribution in [2.45, 2.75) is 13.0 Å². The standard InChI is InChI=1S/C16H17BrClNO/c1-10-8-11(4-7-15(10)18)16(19-2)13-6-5-12(20-3)9-14(13)17/h4-9,16,19H,1-3H3. The second kappa shape index (κ2) is 6.61. The zero-order chi connectivity index (χ0) is 14.7. The fourth-order valence-corrected chi connectivity index (χ4v) is 2.92. The lowest BCUT2D eigenvalue weighted by Gasteiger charge is -2.20. The van der Waals surface area contributed by atoms with Gasteiger partial charge in [-0.25, -0.2) is 0 Å². The quantitative estimate of drug-likeness (QED) is 0.857. The van der Waals surface area contributed by atoms with Crippen molar-refractivity contribution in [3.63, 3.8) is 0 Å². The van der Waals surface area contributed by atoms with Gasteiger partial charge in [-0.3, -0.25) is 0 Å². The molecule has 0 aliphatic heterocycles. The Morgan fingerprint density at radius 3 is 2.50 bits per heavy atom. The van der Waals surface area contributed by atoms with E-state index >= 15 is 0 Å². The van der Waals surface area contributed by atoms with E-state index < -0.39 is 0 Å². The third kappa shape index (κ3) is 3.17. The molecule has 2 rings (SSSR count). The molecule has 1 atom stereocenters. The van der Waals surface area contributed by atoms with Gasteiger partial charge in [0.15, 0.2) is 0 Å². The predicted octanol–water partition coefficient (Wildman–Crippen LogP) is 4.73.